The van der Waals surface area contributed by atoms with Crippen LogP contribution >= 0.6 is 11.3 Å². The van der Waals surface area contributed by atoms with Crippen molar-refractivity contribution in [3.05, 3.63) is 34.8 Å². The Morgan fingerprint density at radius 3 is 3.05 bits per heavy atom. The van der Waals surface area contributed by atoms with Crippen molar-refractivity contribution in [2.75, 3.05) is 20.1 Å². The molecule has 2 heterocycles. The van der Waals surface area contributed by atoms with Gasteiger partial charge < -0.3 is 14.8 Å². The van der Waals surface area contributed by atoms with Crippen molar-refractivity contribution < 1.29 is 4.79 Å². The van der Waals surface area contributed by atoms with Gasteiger partial charge in [-0.3, -0.25) is 0 Å². The highest BCUT2D eigenvalue weighted by Gasteiger charge is 2.09. The van der Waals surface area contributed by atoms with Gasteiger partial charge in [0.05, 0.1) is 17.5 Å². The maximum Gasteiger partial charge on any atom is 0.317 e. The molecule has 0 aromatic carbocycles. The molecule has 7 heteroatoms. The number of hydrogen-bond donors (Lipinski definition) is 1. The smallest absolute Gasteiger partial charge is 0.317 e. The molecule has 0 aliphatic rings. The number of aromatic nitrogens is 3. The van der Waals surface area contributed by atoms with Crippen LogP contribution in [0.2, 0.25) is 0 Å². The van der Waals surface area contributed by atoms with E-state index in [1.807, 2.05) is 30.2 Å². The van der Waals surface area contributed by atoms with Gasteiger partial charge in [-0.05, 0) is 13.3 Å². The van der Waals surface area contributed by atoms with Crippen molar-refractivity contribution in [3.63, 3.8) is 0 Å². The van der Waals surface area contributed by atoms with Gasteiger partial charge in [0.2, 0.25) is 0 Å². The summed E-state index contributed by atoms with van der Waals surface area (Å²) >= 11 is 1.65. The summed E-state index contributed by atoms with van der Waals surface area (Å²) in [6.07, 6.45) is 7.21. The SMILES string of the molecule is Cc1ncsc1CCN(C)C(=O)NCCCn1ccnc1. The Hall–Kier alpha value is -1.89. The van der Waals surface area contributed by atoms with Gasteiger partial charge in [-0.2, -0.15) is 0 Å². The Morgan fingerprint density at radius 2 is 2.38 bits per heavy atom. The second-order valence-corrected chi connectivity index (χ2v) is 5.86. The van der Waals surface area contributed by atoms with Gasteiger partial charge in [-0.25, -0.2) is 14.8 Å². The quantitative estimate of drug-likeness (QED) is 0.795. The lowest BCUT2D eigenvalue weighted by Gasteiger charge is -2.17. The van der Waals surface area contributed by atoms with Crippen LogP contribution < -0.4 is 5.32 Å². The first-order valence-corrected chi connectivity index (χ1v) is 7.88. The summed E-state index contributed by atoms with van der Waals surface area (Å²) in [5, 5.41) is 2.93. The third-order valence-electron chi connectivity index (χ3n) is 3.29. The van der Waals surface area contributed by atoms with Crippen molar-refractivity contribution in [2.45, 2.75) is 26.3 Å². The molecule has 1 N–H and O–H groups in total. The Kier molecular flexibility index (Phi) is 5.74. The zero-order valence-electron chi connectivity index (χ0n) is 12.5. The maximum absolute atomic E-state index is 11.9. The van der Waals surface area contributed by atoms with Gasteiger partial charge >= 0.3 is 6.03 Å². The van der Waals surface area contributed by atoms with Crippen LogP contribution in [0.4, 0.5) is 4.79 Å². The normalized spacial score (nSPS) is 10.6. The summed E-state index contributed by atoms with van der Waals surface area (Å²) in [6, 6.07) is -0.0252. The molecule has 0 spiro atoms. The topological polar surface area (TPSA) is 63.1 Å². The van der Waals surface area contributed by atoms with Crippen LogP contribution in [-0.2, 0) is 13.0 Å². The average molecular weight is 307 g/mol. The van der Waals surface area contributed by atoms with E-state index < -0.39 is 0 Å². The molecule has 0 saturated heterocycles. The number of thiazole rings is 1. The van der Waals surface area contributed by atoms with E-state index in [0.717, 1.165) is 25.1 Å². The predicted octanol–water partition coefficient (Wildman–Crippen LogP) is 1.92. The molecule has 0 radical (unpaired) electrons. The molecule has 0 saturated carbocycles. The Morgan fingerprint density at radius 1 is 1.52 bits per heavy atom. The largest absolute Gasteiger partial charge is 0.338 e. The summed E-state index contributed by atoms with van der Waals surface area (Å²) in [6.45, 7) is 4.24. The number of nitrogens with one attached hydrogen (secondary N) is 1. The lowest BCUT2D eigenvalue weighted by atomic mass is 10.3. The maximum atomic E-state index is 11.9. The third-order valence-corrected chi connectivity index (χ3v) is 4.29. The highest BCUT2D eigenvalue weighted by molar-refractivity contribution is 7.09. The van der Waals surface area contributed by atoms with E-state index in [0.29, 0.717) is 13.1 Å². The zero-order valence-corrected chi connectivity index (χ0v) is 13.3. The van der Waals surface area contributed by atoms with Gasteiger partial charge in [0.1, 0.15) is 0 Å². The molecule has 6 nitrogen and oxygen atoms in total. The molecule has 0 aliphatic carbocycles. The van der Waals surface area contributed by atoms with Gasteiger partial charge in [-0.1, -0.05) is 0 Å². The van der Waals surface area contributed by atoms with Crippen LogP contribution in [0.15, 0.2) is 24.2 Å². The second-order valence-electron chi connectivity index (χ2n) is 4.92. The zero-order chi connectivity index (χ0) is 15.1. The van der Waals surface area contributed by atoms with Crippen LogP contribution in [0.1, 0.15) is 17.0 Å². The molecule has 0 unspecified atom stereocenters. The fraction of sp³-hybridized carbons (Fsp3) is 0.500. The minimum absolute atomic E-state index is 0.0252. The highest BCUT2D eigenvalue weighted by atomic mass is 32.1. The molecule has 21 heavy (non-hydrogen) atoms. The number of amides is 2. The van der Waals surface area contributed by atoms with Crippen LogP contribution in [0.5, 0.6) is 0 Å². The first-order valence-electron chi connectivity index (χ1n) is 7.00. The molecule has 2 rings (SSSR count). The summed E-state index contributed by atoms with van der Waals surface area (Å²) in [5.74, 6) is 0. The van der Waals surface area contributed by atoms with Gasteiger partial charge in [0, 0.05) is 50.4 Å². The Bertz CT molecular complexity index is 551. The van der Waals surface area contributed by atoms with Crippen LogP contribution in [0, 0.1) is 6.92 Å². The number of hydrogen-bond acceptors (Lipinski definition) is 4. The fourth-order valence-electron chi connectivity index (χ4n) is 1.95. The number of carbonyl (C=O) groups is 1. The number of aryl methyl sites for hydroxylation is 2. The number of likely N-dealkylation sites (N-methyl/N-ethyl adjacent to an activating group) is 1. The van der Waals surface area contributed by atoms with Crippen molar-refractivity contribution >= 4 is 17.4 Å². The number of carbonyl (C=O) groups excluding carboxylic acids is 1. The molecule has 2 amide bonds. The van der Waals surface area contributed by atoms with E-state index in [4.69, 9.17) is 0 Å². The second kappa shape index (κ2) is 7.78. The lowest BCUT2D eigenvalue weighted by molar-refractivity contribution is 0.209. The van der Waals surface area contributed by atoms with E-state index in [9.17, 15) is 4.79 Å². The minimum Gasteiger partial charge on any atom is -0.338 e. The van der Waals surface area contributed by atoms with E-state index in [-0.39, 0.29) is 6.03 Å². The van der Waals surface area contributed by atoms with Gasteiger partial charge in [0.25, 0.3) is 0 Å². The molecule has 0 atom stereocenters. The monoisotopic (exact) mass is 307 g/mol. The van der Waals surface area contributed by atoms with Gasteiger partial charge in [-0.15, -0.1) is 11.3 Å². The number of nitrogens with zero attached hydrogens (tertiary/aromatic N) is 4. The van der Waals surface area contributed by atoms with Crippen LogP contribution in [0.3, 0.4) is 0 Å². The summed E-state index contributed by atoms with van der Waals surface area (Å²) < 4.78 is 2.00. The summed E-state index contributed by atoms with van der Waals surface area (Å²) in [5.41, 5.74) is 2.91. The van der Waals surface area contributed by atoms with Crippen molar-refractivity contribution in [2.24, 2.45) is 0 Å². The summed E-state index contributed by atoms with van der Waals surface area (Å²) in [7, 11) is 1.82. The van der Waals surface area contributed by atoms with E-state index in [1.54, 1.807) is 28.8 Å². The van der Waals surface area contributed by atoms with Crippen molar-refractivity contribution in [3.8, 4) is 0 Å². The highest BCUT2D eigenvalue weighted by Crippen LogP contribution is 2.12. The van der Waals surface area contributed by atoms with Crippen molar-refractivity contribution in [1.29, 1.82) is 0 Å². The molecular weight excluding hydrogens is 286 g/mol. The van der Waals surface area contributed by atoms with Gasteiger partial charge in [0.15, 0.2) is 0 Å². The number of rotatable bonds is 7. The Labute approximate surface area is 128 Å². The summed E-state index contributed by atoms with van der Waals surface area (Å²) in [4.78, 5) is 23.1. The number of imidazole rings is 1. The van der Waals surface area contributed by atoms with E-state index in [1.165, 1.54) is 4.88 Å². The first-order chi connectivity index (χ1) is 10.2. The minimum atomic E-state index is -0.0252. The molecule has 2 aromatic heterocycles. The lowest BCUT2D eigenvalue weighted by Crippen LogP contribution is -2.38. The average Bonchev–Trinajstić information content (AvgIpc) is 3.12. The van der Waals surface area contributed by atoms with E-state index >= 15 is 0 Å². The van der Waals surface area contributed by atoms with Crippen LogP contribution in [0.25, 0.3) is 0 Å². The van der Waals surface area contributed by atoms with Crippen molar-refractivity contribution in [1.82, 2.24) is 24.8 Å². The molecule has 0 fully saturated rings. The van der Waals surface area contributed by atoms with E-state index in [2.05, 4.69) is 15.3 Å². The molecule has 114 valence electrons. The molecule has 2 aromatic rings. The fourth-order valence-corrected chi connectivity index (χ4v) is 2.72. The molecular formula is C14H21N5OS. The standard InChI is InChI=1S/C14H21N5OS/c1-12-13(21-11-17-12)4-8-18(2)14(20)16-5-3-7-19-9-6-15-10-19/h6,9-11H,3-5,7-8H2,1-2H3,(H,16,20). The first kappa shape index (κ1) is 15.5. The van der Waals surface area contributed by atoms with Crippen LogP contribution in [-0.4, -0.2) is 45.6 Å². The predicted molar refractivity (Wildman–Crippen MR) is 83.4 cm³/mol. The molecule has 0 bridgehead atoms. The number of urea groups is 1. The Balaban J connectivity index is 1.62. The third kappa shape index (κ3) is 4.86. The molecule has 0 aliphatic heterocycles.